The normalized spacial score (nSPS) is 20.5. The minimum Gasteiger partial charge on any atom is -0.464 e. The minimum absolute atomic E-state index is 0.112. The fourth-order valence-corrected chi connectivity index (χ4v) is 3.32. The molecule has 0 aliphatic carbocycles. The van der Waals surface area contributed by atoms with Crippen molar-refractivity contribution in [3.05, 3.63) is 76.8 Å². The van der Waals surface area contributed by atoms with Crippen LogP contribution in [0.25, 0.3) is 10.8 Å². The Morgan fingerprint density at radius 2 is 1.73 bits per heavy atom. The predicted molar refractivity (Wildman–Crippen MR) is 88.5 cm³/mol. The number of halogens is 1. The van der Waals surface area contributed by atoms with Crippen LogP contribution in [0, 0.1) is 0 Å². The van der Waals surface area contributed by atoms with Crippen molar-refractivity contribution < 1.29 is 9.84 Å². The van der Waals surface area contributed by atoms with Crippen LogP contribution in [0.2, 0.25) is 5.02 Å². The van der Waals surface area contributed by atoms with Gasteiger partial charge in [-0.1, -0.05) is 60.1 Å². The van der Waals surface area contributed by atoms with Crippen LogP contribution in [-0.4, -0.2) is 11.4 Å². The summed E-state index contributed by atoms with van der Waals surface area (Å²) in [6.45, 7) is 0. The largest absolute Gasteiger partial charge is 0.464 e. The number of rotatable bonds is 1. The van der Waals surface area contributed by atoms with Gasteiger partial charge in [0.1, 0.15) is 5.75 Å². The Morgan fingerprint density at radius 3 is 2.55 bits per heavy atom. The van der Waals surface area contributed by atoms with Crippen molar-refractivity contribution in [1.82, 2.24) is 0 Å². The second kappa shape index (κ2) is 5.31. The predicted octanol–water partition coefficient (Wildman–Crippen LogP) is 4.73. The van der Waals surface area contributed by atoms with Gasteiger partial charge in [-0.15, -0.1) is 0 Å². The molecule has 3 aromatic carbocycles. The molecule has 2 atom stereocenters. The maximum Gasteiger partial charge on any atom is 0.198 e. The van der Waals surface area contributed by atoms with Crippen molar-refractivity contribution in [1.29, 1.82) is 0 Å². The number of hydrogen-bond donors (Lipinski definition) is 1. The first kappa shape index (κ1) is 13.6. The molecule has 3 aromatic rings. The van der Waals surface area contributed by atoms with E-state index in [9.17, 15) is 5.11 Å². The molecule has 0 saturated carbocycles. The summed E-state index contributed by atoms with van der Waals surface area (Å²) in [5.41, 5.74) is 2.26. The van der Waals surface area contributed by atoms with E-state index in [-0.39, 0.29) is 5.92 Å². The van der Waals surface area contributed by atoms with Gasteiger partial charge >= 0.3 is 0 Å². The van der Waals surface area contributed by atoms with Gasteiger partial charge in [0.05, 0.1) is 0 Å². The van der Waals surface area contributed by atoms with E-state index in [4.69, 9.17) is 16.3 Å². The van der Waals surface area contributed by atoms with Crippen molar-refractivity contribution in [2.45, 2.75) is 18.6 Å². The number of ether oxygens (including phenoxy) is 1. The average Bonchev–Trinajstić information content (AvgIpc) is 2.55. The molecule has 1 heterocycles. The van der Waals surface area contributed by atoms with Gasteiger partial charge in [-0.25, -0.2) is 0 Å². The van der Waals surface area contributed by atoms with Crippen LogP contribution in [0.3, 0.4) is 0 Å². The van der Waals surface area contributed by atoms with Crippen molar-refractivity contribution in [3.8, 4) is 5.75 Å². The maximum atomic E-state index is 10.2. The van der Waals surface area contributed by atoms with Crippen molar-refractivity contribution in [2.75, 3.05) is 0 Å². The first-order valence-corrected chi connectivity index (χ1v) is 7.72. The molecule has 4 rings (SSSR count). The number of aliphatic hydroxyl groups is 1. The summed E-state index contributed by atoms with van der Waals surface area (Å²) in [6, 6.07) is 20.1. The Kier molecular flexibility index (Phi) is 3.29. The topological polar surface area (TPSA) is 29.5 Å². The van der Waals surface area contributed by atoms with E-state index in [1.165, 1.54) is 0 Å². The van der Waals surface area contributed by atoms with E-state index in [0.29, 0.717) is 6.42 Å². The molecule has 2 nitrogen and oxygen atoms in total. The van der Waals surface area contributed by atoms with Gasteiger partial charge in [0.2, 0.25) is 0 Å². The molecule has 0 unspecified atom stereocenters. The van der Waals surface area contributed by atoms with Crippen molar-refractivity contribution in [3.63, 3.8) is 0 Å². The summed E-state index contributed by atoms with van der Waals surface area (Å²) in [4.78, 5) is 0. The Balaban J connectivity index is 1.90. The summed E-state index contributed by atoms with van der Waals surface area (Å²) in [7, 11) is 0. The van der Waals surface area contributed by atoms with E-state index < -0.39 is 6.29 Å². The fraction of sp³-hybridized carbons (Fsp3) is 0.158. The highest BCUT2D eigenvalue weighted by molar-refractivity contribution is 6.30. The van der Waals surface area contributed by atoms with Crippen LogP contribution in [0.1, 0.15) is 23.5 Å². The zero-order valence-electron chi connectivity index (χ0n) is 11.9. The first-order chi connectivity index (χ1) is 10.7. The molecule has 1 aliphatic heterocycles. The number of fused-ring (bicyclic) bond motifs is 3. The lowest BCUT2D eigenvalue weighted by molar-refractivity contribution is -0.0347. The number of hydrogen-bond acceptors (Lipinski definition) is 2. The molecular formula is C19H15ClO2. The lowest BCUT2D eigenvalue weighted by atomic mass is 9.85. The molecule has 22 heavy (non-hydrogen) atoms. The summed E-state index contributed by atoms with van der Waals surface area (Å²) < 4.78 is 5.75. The molecule has 1 N–H and O–H groups in total. The Labute approximate surface area is 133 Å². The van der Waals surface area contributed by atoms with Crippen molar-refractivity contribution >= 4 is 22.4 Å². The number of aliphatic hydroxyl groups excluding tert-OH is 1. The Morgan fingerprint density at radius 1 is 0.955 bits per heavy atom. The summed E-state index contributed by atoms with van der Waals surface area (Å²) in [5.74, 6) is 0.900. The average molecular weight is 311 g/mol. The molecule has 0 saturated heterocycles. The lowest BCUT2D eigenvalue weighted by Crippen LogP contribution is -2.25. The molecular weight excluding hydrogens is 296 g/mol. The van der Waals surface area contributed by atoms with E-state index in [1.54, 1.807) is 0 Å². The Bertz CT molecular complexity index is 826. The maximum absolute atomic E-state index is 10.2. The zero-order chi connectivity index (χ0) is 15.1. The van der Waals surface area contributed by atoms with Gasteiger partial charge in [0.25, 0.3) is 0 Å². The molecule has 0 bridgehead atoms. The van der Waals surface area contributed by atoms with Crippen LogP contribution in [-0.2, 0) is 0 Å². The van der Waals surface area contributed by atoms with Crippen molar-refractivity contribution in [2.24, 2.45) is 0 Å². The monoisotopic (exact) mass is 310 g/mol. The summed E-state index contributed by atoms with van der Waals surface area (Å²) >= 11 is 5.98. The molecule has 0 fully saturated rings. The highest BCUT2D eigenvalue weighted by atomic mass is 35.5. The molecule has 0 radical (unpaired) electrons. The van der Waals surface area contributed by atoms with Crippen LogP contribution in [0.15, 0.2) is 60.7 Å². The summed E-state index contributed by atoms with van der Waals surface area (Å²) in [5, 5.41) is 13.0. The van der Waals surface area contributed by atoms with Gasteiger partial charge in [0.15, 0.2) is 6.29 Å². The molecule has 0 aromatic heterocycles. The second-order valence-corrected chi connectivity index (χ2v) is 6.05. The highest BCUT2D eigenvalue weighted by Gasteiger charge is 2.29. The first-order valence-electron chi connectivity index (χ1n) is 7.34. The summed E-state index contributed by atoms with van der Waals surface area (Å²) in [6.07, 6.45) is -0.244. The van der Waals surface area contributed by atoms with Crippen LogP contribution < -0.4 is 4.74 Å². The molecule has 3 heteroatoms. The smallest absolute Gasteiger partial charge is 0.198 e. The lowest BCUT2D eigenvalue weighted by Gasteiger charge is -2.30. The SMILES string of the molecule is O[C@@H]1C[C@@H](c2ccc(Cl)cc2)c2ccc3ccccc3c2O1. The van der Waals surface area contributed by atoms with Gasteiger partial charge in [-0.3, -0.25) is 0 Å². The minimum atomic E-state index is -0.793. The fourth-order valence-electron chi connectivity index (χ4n) is 3.19. The van der Waals surface area contributed by atoms with E-state index in [2.05, 4.69) is 18.2 Å². The third kappa shape index (κ3) is 2.25. The van der Waals surface area contributed by atoms with Gasteiger partial charge in [-0.05, 0) is 23.1 Å². The molecule has 1 aliphatic rings. The number of benzene rings is 3. The standard InChI is InChI=1S/C19H15ClO2/c20-14-8-5-13(6-9-14)17-11-18(21)22-19-15-4-2-1-3-12(15)7-10-16(17)19/h1-10,17-18,21H,11H2/t17-,18-/m0/s1. The van der Waals surface area contributed by atoms with E-state index in [0.717, 1.165) is 32.7 Å². The van der Waals surface area contributed by atoms with Gasteiger partial charge in [-0.2, -0.15) is 0 Å². The quantitative estimate of drug-likeness (QED) is 0.704. The Hall–Kier alpha value is -2.03. The van der Waals surface area contributed by atoms with Crippen LogP contribution in [0.5, 0.6) is 5.75 Å². The molecule has 110 valence electrons. The zero-order valence-corrected chi connectivity index (χ0v) is 12.6. The van der Waals surface area contributed by atoms with Crippen LogP contribution >= 0.6 is 11.6 Å². The van der Waals surface area contributed by atoms with Gasteiger partial charge in [0, 0.05) is 28.3 Å². The molecule has 0 amide bonds. The van der Waals surface area contributed by atoms with E-state index in [1.807, 2.05) is 42.5 Å². The molecule has 0 spiro atoms. The highest BCUT2D eigenvalue weighted by Crippen LogP contribution is 2.43. The third-order valence-corrected chi connectivity index (χ3v) is 4.50. The van der Waals surface area contributed by atoms with Gasteiger partial charge < -0.3 is 9.84 Å². The third-order valence-electron chi connectivity index (χ3n) is 4.25. The second-order valence-electron chi connectivity index (χ2n) is 5.62. The van der Waals surface area contributed by atoms with E-state index >= 15 is 0 Å². The van der Waals surface area contributed by atoms with Crippen LogP contribution in [0.4, 0.5) is 0 Å².